The molecule has 0 amide bonds. The van der Waals surface area contributed by atoms with E-state index in [0.717, 1.165) is 16.0 Å². The van der Waals surface area contributed by atoms with Gasteiger partial charge in [-0.25, -0.2) is 13.2 Å². The van der Waals surface area contributed by atoms with Gasteiger partial charge in [0.2, 0.25) is 0 Å². The van der Waals surface area contributed by atoms with Crippen molar-refractivity contribution >= 4 is 11.3 Å². The monoisotopic (exact) mass is 1100 g/mol. The Kier molecular flexibility index (Phi) is 25.7. The summed E-state index contributed by atoms with van der Waals surface area (Å²) in [5, 5.41) is 2.00. The van der Waals surface area contributed by atoms with E-state index in [1.807, 2.05) is 47.8 Å². The minimum absolute atomic E-state index is 0.0768. The maximum absolute atomic E-state index is 13.5. The van der Waals surface area contributed by atoms with Crippen LogP contribution in [0.3, 0.4) is 0 Å². The van der Waals surface area contributed by atoms with E-state index >= 15 is 0 Å². The molecule has 424 valence electrons. The molecule has 0 spiro atoms. The van der Waals surface area contributed by atoms with Gasteiger partial charge in [-0.3, -0.25) is 0 Å². The lowest BCUT2D eigenvalue weighted by Gasteiger charge is -2.10. The maximum Gasteiger partial charge on any atom is 0.194 e. The zero-order chi connectivity index (χ0) is 55.3. The first-order valence-electron chi connectivity index (χ1n) is 25.3. The number of halogens is 3. The zero-order valence-corrected chi connectivity index (χ0v) is 43.5. The molecule has 6 heterocycles. The Morgan fingerprint density at radius 2 is 0.662 bits per heavy atom. The van der Waals surface area contributed by atoms with Gasteiger partial charge in [0.1, 0.15) is 78.5 Å². The number of hydrogen-bond donors (Lipinski definition) is 10. The van der Waals surface area contributed by atoms with Crippen LogP contribution in [0.5, 0.6) is 0 Å². The highest BCUT2D eigenvalue weighted by molar-refractivity contribution is 7.10. The van der Waals surface area contributed by atoms with E-state index in [1.54, 1.807) is 53.8 Å². The quantitative estimate of drug-likeness (QED) is 0.0719. The first-order valence-corrected chi connectivity index (χ1v) is 26.2. The Morgan fingerprint density at radius 1 is 0.312 bits per heavy atom. The van der Waals surface area contributed by atoms with Gasteiger partial charge in [0.25, 0.3) is 0 Å². The van der Waals surface area contributed by atoms with Gasteiger partial charge in [-0.2, -0.15) is 0 Å². The Morgan fingerprint density at radius 3 is 1.04 bits per heavy atom. The summed E-state index contributed by atoms with van der Waals surface area (Å²) in [6.45, 7) is 3.80. The normalized spacial score (nSPS) is 30.3. The fourth-order valence-corrected chi connectivity index (χ4v) is 9.12. The van der Waals surface area contributed by atoms with E-state index in [4.69, 9.17) is 105 Å². The molecule has 10 unspecified atom stereocenters. The van der Waals surface area contributed by atoms with Crippen molar-refractivity contribution in [2.24, 2.45) is 57.3 Å². The Hall–Kier alpha value is -4.43. The van der Waals surface area contributed by atoms with E-state index < -0.39 is 18.9 Å². The molecule has 5 aliphatic rings. The molecule has 5 saturated heterocycles. The van der Waals surface area contributed by atoms with Crippen molar-refractivity contribution in [2.75, 3.05) is 65.4 Å². The third-order valence-electron chi connectivity index (χ3n) is 12.6. The van der Waals surface area contributed by atoms with Gasteiger partial charge in [-0.1, -0.05) is 78.9 Å². The van der Waals surface area contributed by atoms with Gasteiger partial charge < -0.3 is 105 Å². The van der Waals surface area contributed by atoms with Crippen LogP contribution in [0.4, 0.5) is 13.2 Å². The second-order valence-electron chi connectivity index (χ2n) is 17.8. The van der Waals surface area contributed by atoms with Crippen molar-refractivity contribution in [3.05, 3.63) is 165 Å². The molecule has 20 N–H and O–H groups in total. The van der Waals surface area contributed by atoms with Gasteiger partial charge in [-0.05, 0) is 41.8 Å². The minimum atomic E-state index is -0.705. The van der Waals surface area contributed by atoms with Crippen molar-refractivity contribution in [3.63, 3.8) is 0 Å². The van der Waals surface area contributed by atoms with Crippen molar-refractivity contribution in [2.45, 2.75) is 92.5 Å². The van der Waals surface area contributed by atoms with E-state index in [1.165, 1.54) is 30.3 Å². The summed E-state index contributed by atoms with van der Waals surface area (Å²) in [5.41, 5.74) is 58.3. The lowest BCUT2D eigenvalue weighted by Crippen LogP contribution is -2.35. The van der Waals surface area contributed by atoms with Crippen LogP contribution in [-0.4, -0.2) is 126 Å². The van der Waals surface area contributed by atoms with Gasteiger partial charge in [0.15, 0.2) is 31.5 Å². The van der Waals surface area contributed by atoms with Gasteiger partial charge in [0, 0.05) is 87.7 Å². The maximum atomic E-state index is 13.5. The smallest absolute Gasteiger partial charge is 0.194 e. The van der Waals surface area contributed by atoms with Gasteiger partial charge in [0.05, 0.1) is 4.88 Å². The SMILES string of the molecule is NCC1OC(c2ccc(F)cc2)OC1CN.NCC1OC(c2cccc(F)c2)OC1CN.NCC1OC(c2ccccc2)OC1CN.NCC1OC(c2ccccc2F)OC1CN.NCC1OC(c2cccs2)OC1CN. The lowest BCUT2D eigenvalue weighted by atomic mass is 10.2. The van der Waals surface area contributed by atoms with Gasteiger partial charge >= 0.3 is 0 Å². The summed E-state index contributed by atoms with van der Waals surface area (Å²) >= 11 is 1.61. The molecule has 77 heavy (non-hydrogen) atoms. The number of rotatable bonds is 15. The topological polar surface area (TPSA) is 352 Å². The van der Waals surface area contributed by atoms with Crippen LogP contribution in [0.2, 0.25) is 0 Å². The zero-order valence-electron chi connectivity index (χ0n) is 42.7. The van der Waals surface area contributed by atoms with Crippen LogP contribution in [-0.2, 0) is 47.4 Å². The predicted octanol–water partition coefficient (Wildman–Crippen LogP) is 2.41. The lowest BCUT2D eigenvalue weighted by molar-refractivity contribution is -0.0692. The molecule has 24 heteroatoms. The molecule has 4 aromatic carbocycles. The van der Waals surface area contributed by atoms with E-state index in [9.17, 15) is 13.2 Å². The molecule has 5 fully saturated rings. The van der Waals surface area contributed by atoms with Crippen molar-refractivity contribution in [1.29, 1.82) is 0 Å². The summed E-state index contributed by atoms with van der Waals surface area (Å²) < 4.78 is 95.2. The van der Waals surface area contributed by atoms with Crippen LogP contribution in [0.15, 0.2) is 121 Å². The molecule has 5 aromatic rings. The Labute approximate surface area is 450 Å². The van der Waals surface area contributed by atoms with E-state index in [0.29, 0.717) is 76.6 Å². The number of thiophene rings is 1. The van der Waals surface area contributed by atoms with Crippen LogP contribution in [0, 0.1) is 17.5 Å². The summed E-state index contributed by atoms with van der Waals surface area (Å²) in [6, 6.07) is 32.2. The fraction of sp³-hybridized carbons (Fsp3) is 0.472. The van der Waals surface area contributed by atoms with E-state index in [-0.39, 0.29) is 91.1 Å². The number of ether oxygens (including phenoxy) is 10. The summed E-state index contributed by atoms with van der Waals surface area (Å²) in [7, 11) is 0. The Bertz CT molecular complexity index is 2360. The van der Waals surface area contributed by atoms with Crippen LogP contribution in [0.25, 0.3) is 0 Å². The fourth-order valence-electron chi connectivity index (χ4n) is 8.42. The predicted molar refractivity (Wildman–Crippen MR) is 283 cm³/mol. The largest absolute Gasteiger partial charge is 0.341 e. The highest BCUT2D eigenvalue weighted by Crippen LogP contribution is 2.35. The summed E-state index contributed by atoms with van der Waals surface area (Å²) in [5.74, 6) is -0.946. The molecular formula is C53H75F3N10O10S. The average molecular weight is 1100 g/mol. The van der Waals surface area contributed by atoms with Crippen LogP contribution >= 0.6 is 11.3 Å². The second-order valence-corrected chi connectivity index (χ2v) is 18.8. The first kappa shape index (κ1) is 61.8. The van der Waals surface area contributed by atoms with Gasteiger partial charge in [-0.15, -0.1) is 11.3 Å². The summed E-state index contributed by atoms with van der Waals surface area (Å²) in [4.78, 5) is 1.07. The molecule has 10 rings (SSSR count). The molecule has 5 aliphatic heterocycles. The highest BCUT2D eigenvalue weighted by atomic mass is 32.1. The Balaban J connectivity index is 0.000000156. The second kappa shape index (κ2) is 32.0. The van der Waals surface area contributed by atoms with Crippen molar-refractivity contribution in [3.8, 4) is 0 Å². The van der Waals surface area contributed by atoms with Crippen LogP contribution < -0.4 is 57.3 Å². The molecule has 0 bridgehead atoms. The molecule has 10 atom stereocenters. The minimum Gasteiger partial charge on any atom is -0.341 e. The molecule has 20 nitrogen and oxygen atoms in total. The molecular weight excluding hydrogens is 1030 g/mol. The molecule has 1 aromatic heterocycles. The third kappa shape index (κ3) is 17.3. The first-order chi connectivity index (χ1) is 37.4. The molecule has 0 radical (unpaired) electrons. The average Bonchev–Trinajstić information content (AvgIpc) is 4.36. The van der Waals surface area contributed by atoms with Crippen molar-refractivity contribution < 1.29 is 60.5 Å². The molecule has 0 aliphatic carbocycles. The van der Waals surface area contributed by atoms with Crippen molar-refractivity contribution in [1.82, 2.24) is 0 Å². The van der Waals surface area contributed by atoms with E-state index in [2.05, 4.69) is 0 Å². The third-order valence-corrected chi connectivity index (χ3v) is 13.5. The number of hydrogen-bond acceptors (Lipinski definition) is 21. The molecule has 0 saturated carbocycles. The number of nitrogens with two attached hydrogens (primary N) is 10. The highest BCUT2D eigenvalue weighted by Gasteiger charge is 2.39. The number of benzene rings is 4. The standard InChI is InChI=1S/3C11H15FN2O2.C11H16N2O2.C9H14N2O2S/c12-8-3-1-7(2-4-8)11-15-9(5-13)10(6-14)16-11;12-8-3-1-2-7(4-8)11-15-9(5-13)10(6-14)16-11;12-8-4-2-1-3-7(8)11-15-9(5-13)10(6-14)16-11;12-6-9-10(7-13)15-11(14-9)8-4-2-1-3-5-8;10-4-6-7(5-11)13-9(12-6)8-2-1-3-14-8/h3*1-4,9-11H,5-6,13-14H2;1-5,9-11H,6-7,12-13H2;1-3,6-7,9H,4-5,10-11H2. The van der Waals surface area contributed by atoms with Crippen LogP contribution in [0.1, 0.15) is 58.6 Å². The summed E-state index contributed by atoms with van der Waals surface area (Å²) in [6.07, 6.45) is -4.10.